The fraction of sp³-hybridized carbons (Fsp3) is 0.222. The molecule has 6 nitrogen and oxygen atoms in total. The van der Waals surface area contributed by atoms with Crippen LogP contribution in [0.1, 0.15) is 16.7 Å². The number of sulfonamides is 1. The zero-order chi connectivity index (χ0) is 17.6. The van der Waals surface area contributed by atoms with Crippen molar-refractivity contribution in [2.24, 2.45) is 0 Å². The summed E-state index contributed by atoms with van der Waals surface area (Å²) in [5.41, 5.74) is 1.76. The number of fused-ring (bicyclic) bond motifs is 2. The first-order valence-electron chi connectivity index (χ1n) is 8.02. The summed E-state index contributed by atoms with van der Waals surface area (Å²) in [5.74, 6) is 0. The van der Waals surface area contributed by atoms with Gasteiger partial charge in [0, 0.05) is 24.0 Å². The molecule has 7 heteroatoms. The molecule has 0 aliphatic carbocycles. The molecule has 0 spiro atoms. The van der Waals surface area contributed by atoms with E-state index in [9.17, 15) is 13.2 Å². The molecule has 0 bridgehead atoms. The first-order chi connectivity index (χ1) is 12.0. The number of rotatable bonds is 2. The van der Waals surface area contributed by atoms with E-state index < -0.39 is 10.0 Å². The summed E-state index contributed by atoms with van der Waals surface area (Å²) >= 11 is 0. The molecular formula is C18H17N3O3S. The summed E-state index contributed by atoms with van der Waals surface area (Å²) in [6.07, 6.45) is 1.92. The van der Waals surface area contributed by atoms with Crippen LogP contribution >= 0.6 is 0 Å². The molecule has 1 N–H and O–H groups in total. The quantitative estimate of drug-likeness (QED) is 0.762. The van der Waals surface area contributed by atoms with Crippen molar-refractivity contribution in [2.75, 3.05) is 6.54 Å². The average molecular weight is 355 g/mol. The van der Waals surface area contributed by atoms with Crippen LogP contribution in [0.3, 0.4) is 0 Å². The molecule has 2 aromatic carbocycles. The Balaban J connectivity index is 1.84. The molecule has 0 saturated heterocycles. The van der Waals surface area contributed by atoms with Gasteiger partial charge in [0.1, 0.15) is 0 Å². The SMILES string of the molecule is Cc1ccc2ccccc2c1S(=O)(=O)N1CCc2c(cn[nH]c2=O)C1. The highest BCUT2D eigenvalue weighted by atomic mass is 32.2. The van der Waals surface area contributed by atoms with Crippen LogP contribution in [0.15, 0.2) is 52.3 Å². The number of H-pyrrole nitrogens is 1. The molecule has 3 aromatic rings. The molecule has 128 valence electrons. The molecule has 1 aromatic heterocycles. The van der Waals surface area contributed by atoms with Crippen LogP contribution < -0.4 is 5.56 Å². The first kappa shape index (κ1) is 16.0. The predicted octanol–water partition coefficient (Wildman–Crippen LogP) is 1.98. The highest BCUT2D eigenvalue weighted by Gasteiger charge is 2.31. The summed E-state index contributed by atoms with van der Waals surface area (Å²) in [7, 11) is -3.68. The second kappa shape index (κ2) is 5.79. The van der Waals surface area contributed by atoms with E-state index in [1.807, 2.05) is 43.3 Å². The van der Waals surface area contributed by atoms with Crippen molar-refractivity contribution in [3.63, 3.8) is 0 Å². The largest absolute Gasteiger partial charge is 0.268 e. The zero-order valence-corrected chi connectivity index (χ0v) is 14.5. The molecule has 0 radical (unpaired) electrons. The van der Waals surface area contributed by atoms with E-state index in [1.165, 1.54) is 10.5 Å². The highest BCUT2D eigenvalue weighted by Crippen LogP contribution is 2.31. The summed E-state index contributed by atoms with van der Waals surface area (Å²) in [5, 5.41) is 7.81. The lowest BCUT2D eigenvalue weighted by molar-refractivity contribution is 0.388. The molecule has 0 atom stereocenters. The number of nitrogens with one attached hydrogen (secondary N) is 1. The van der Waals surface area contributed by atoms with Crippen LogP contribution in [0.2, 0.25) is 0 Å². The molecule has 0 saturated carbocycles. The number of benzene rings is 2. The van der Waals surface area contributed by atoms with Crippen molar-refractivity contribution in [1.82, 2.24) is 14.5 Å². The predicted molar refractivity (Wildman–Crippen MR) is 94.8 cm³/mol. The molecule has 1 aliphatic heterocycles. The standard InChI is InChI=1S/C18H17N3O3S/c1-12-6-7-13-4-2-3-5-15(13)17(12)25(23,24)21-9-8-16-14(11-21)10-19-20-18(16)22/h2-7,10H,8-9,11H2,1H3,(H,20,22). The van der Waals surface area contributed by atoms with E-state index in [2.05, 4.69) is 10.2 Å². The Morgan fingerprint density at radius 2 is 1.96 bits per heavy atom. The van der Waals surface area contributed by atoms with Crippen molar-refractivity contribution in [1.29, 1.82) is 0 Å². The Kier molecular flexibility index (Phi) is 3.70. The van der Waals surface area contributed by atoms with Gasteiger partial charge in [-0.2, -0.15) is 9.40 Å². The molecule has 0 fully saturated rings. The number of aromatic amines is 1. The minimum atomic E-state index is -3.68. The van der Waals surface area contributed by atoms with Crippen molar-refractivity contribution in [3.05, 3.63) is 69.6 Å². The van der Waals surface area contributed by atoms with Crippen molar-refractivity contribution < 1.29 is 8.42 Å². The Labute approximate surface area is 145 Å². The summed E-state index contributed by atoms with van der Waals surface area (Å²) in [6.45, 7) is 2.26. The van der Waals surface area contributed by atoms with Crippen LogP contribution in [-0.2, 0) is 23.0 Å². The second-order valence-corrected chi connectivity index (χ2v) is 8.10. The number of hydrogen-bond acceptors (Lipinski definition) is 4. The molecule has 0 unspecified atom stereocenters. The van der Waals surface area contributed by atoms with Crippen LogP contribution in [0.5, 0.6) is 0 Å². The fourth-order valence-corrected chi connectivity index (χ4v) is 5.24. The highest BCUT2D eigenvalue weighted by molar-refractivity contribution is 7.89. The van der Waals surface area contributed by atoms with Crippen LogP contribution in [0.4, 0.5) is 0 Å². The molecular weight excluding hydrogens is 338 g/mol. The van der Waals surface area contributed by atoms with E-state index in [0.717, 1.165) is 10.8 Å². The average Bonchev–Trinajstić information content (AvgIpc) is 2.61. The van der Waals surface area contributed by atoms with E-state index in [1.54, 1.807) is 0 Å². The normalized spacial score (nSPS) is 15.2. The maximum Gasteiger partial charge on any atom is 0.267 e. The lowest BCUT2D eigenvalue weighted by atomic mass is 10.1. The van der Waals surface area contributed by atoms with Gasteiger partial charge in [-0.05, 0) is 29.9 Å². The van der Waals surface area contributed by atoms with E-state index >= 15 is 0 Å². The van der Waals surface area contributed by atoms with Gasteiger partial charge in [0.25, 0.3) is 5.56 Å². The van der Waals surface area contributed by atoms with Crippen molar-refractivity contribution in [2.45, 2.75) is 24.8 Å². The lowest BCUT2D eigenvalue weighted by Gasteiger charge is -2.28. The van der Waals surface area contributed by atoms with Gasteiger partial charge in [-0.25, -0.2) is 13.5 Å². The number of hydrogen-bond donors (Lipinski definition) is 1. The van der Waals surface area contributed by atoms with Gasteiger partial charge in [-0.15, -0.1) is 0 Å². The van der Waals surface area contributed by atoms with E-state index in [4.69, 9.17) is 0 Å². The Morgan fingerprint density at radius 1 is 1.16 bits per heavy atom. The van der Waals surface area contributed by atoms with Gasteiger partial charge in [0.05, 0.1) is 11.1 Å². The molecule has 1 aliphatic rings. The monoisotopic (exact) mass is 355 g/mol. The fourth-order valence-electron chi connectivity index (χ4n) is 3.40. The Bertz CT molecular complexity index is 1140. The number of nitrogens with zero attached hydrogens (tertiary/aromatic N) is 2. The van der Waals surface area contributed by atoms with Gasteiger partial charge in [-0.3, -0.25) is 4.79 Å². The van der Waals surface area contributed by atoms with Gasteiger partial charge >= 0.3 is 0 Å². The van der Waals surface area contributed by atoms with Crippen molar-refractivity contribution in [3.8, 4) is 0 Å². The molecule has 2 heterocycles. The van der Waals surface area contributed by atoms with Gasteiger partial charge < -0.3 is 0 Å². The second-order valence-electron chi connectivity index (χ2n) is 6.22. The molecule has 4 rings (SSSR count). The smallest absolute Gasteiger partial charge is 0.267 e. The third-order valence-electron chi connectivity index (χ3n) is 4.68. The van der Waals surface area contributed by atoms with Crippen molar-refractivity contribution >= 4 is 20.8 Å². The van der Waals surface area contributed by atoms with Gasteiger partial charge in [0.15, 0.2) is 0 Å². The lowest BCUT2D eigenvalue weighted by Crippen LogP contribution is -2.38. The molecule has 0 amide bonds. The third-order valence-corrected chi connectivity index (χ3v) is 6.73. The summed E-state index contributed by atoms with van der Waals surface area (Å²) in [4.78, 5) is 12.2. The third kappa shape index (κ3) is 2.56. The van der Waals surface area contributed by atoms with E-state index in [0.29, 0.717) is 28.0 Å². The zero-order valence-electron chi connectivity index (χ0n) is 13.7. The van der Waals surface area contributed by atoms with E-state index in [-0.39, 0.29) is 18.6 Å². The van der Waals surface area contributed by atoms with Gasteiger partial charge in [-0.1, -0.05) is 36.4 Å². The first-order valence-corrected chi connectivity index (χ1v) is 9.46. The van der Waals surface area contributed by atoms with Gasteiger partial charge in [0.2, 0.25) is 10.0 Å². The summed E-state index contributed by atoms with van der Waals surface area (Å²) in [6, 6.07) is 11.2. The topological polar surface area (TPSA) is 83.1 Å². The van der Waals surface area contributed by atoms with Crippen LogP contribution in [0.25, 0.3) is 10.8 Å². The summed E-state index contributed by atoms with van der Waals surface area (Å²) < 4.78 is 28.1. The minimum Gasteiger partial charge on any atom is -0.268 e. The minimum absolute atomic E-state index is 0.164. The number of aryl methyl sites for hydroxylation is 1. The molecule has 25 heavy (non-hydrogen) atoms. The Morgan fingerprint density at radius 3 is 2.80 bits per heavy atom. The maximum atomic E-state index is 13.3. The van der Waals surface area contributed by atoms with Crippen LogP contribution in [0, 0.1) is 6.92 Å². The maximum absolute atomic E-state index is 13.3. The Hall–Kier alpha value is -2.51. The van der Waals surface area contributed by atoms with Crippen LogP contribution in [-0.4, -0.2) is 29.5 Å². The number of aromatic nitrogens is 2.